The first kappa shape index (κ1) is 27.9. The summed E-state index contributed by atoms with van der Waals surface area (Å²) in [7, 11) is 0.765. The van der Waals surface area contributed by atoms with E-state index in [-0.39, 0.29) is 10.9 Å². The second-order valence-corrected chi connectivity index (χ2v) is 12.7. The number of nitrogens with zero attached hydrogens (tertiary/aromatic N) is 2. The van der Waals surface area contributed by atoms with E-state index in [1.54, 1.807) is 45.6 Å². The molecule has 4 aromatic rings. The highest BCUT2D eigenvalue weighted by molar-refractivity contribution is 7.89. The molecule has 0 amide bonds. The largest absolute Gasteiger partial charge is 0.493 e. The molecule has 1 atom stereocenters. The normalized spacial score (nSPS) is 18.2. The number of benzene rings is 3. The third kappa shape index (κ3) is 4.61. The van der Waals surface area contributed by atoms with Crippen LogP contribution in [0.3, 0.4) is 0 Å². The van der Waals surface area contributed by atoms with E-state index >= 15 is 0 Å². The molecule has 1 fully saturated rings. The molecule has 42 heavy (non-hydrogen) atoms. The van der Waals surface area contributed by atoms with Crippen LogP contribution in [0.2, 0.25) is 0 Å². The molecule has 0 spiro atoms. The predicted molar refractivity (Wildman–Crippen MR) is 163 cm³/mol. The highest BCUT2D eigenvalue weighted by Crippen LogP contribution is 2.48. The smallest absolute Gasteiger partial charge is 0.283 e. The topological polar surface area (TPSA) is 91.7 Å². The molecular weight excluding hydrogens is 550 g/mol. The number of anilines is 1. The molecule has 2 aliphatic rings. The Balaban J connectivity index is 1.58. The molecule has 0 aliphatic heterocycles. The zero-order valence-electron chi connectivity index (χ0n) is 24.3. The van der Waals surface area contributed by atoms with E-state index in [0.29, 0.717) is 35.2 Å². The second-order valence-electron chi connectivity index (χ2n) is 10.9. The maximum atomic E-state index is 14.2. The third-order valence-corrected chi connectivity index (χ3v) is 10.1. The molecule has 218 valence electrons. The van der Waals surface area contributed by atoms with Crippen LogP contribution in [0.5, 0.6) is 17.2 Å². The summed E-state index contributed by atoms with van der Waals surface area (Å²) in [5.74, 6) is 2.13. The molecule has 3 aromatic carbocycles. The van der Waals surface area contributed by atoms with Crippen LogP contribution in [-0.4, -0.2) is 45.0 Å². The lowest BCUT2D eigenvalue weighted by Gasteiger charge is -2.35. The van der Waals surface area contributed by atoms with Gasteiger partial charge in [-0.3, -0.25) is 0 Å². The van der Waals surface area contributed by atoms with Gasteiger partial charge in [-0.25, -0.2) is 0 Å². The molecule has 1 N–H and O–H groups in total. The lowest BCUT2D eigenvalue weighted by Crippen LogP contribution is -2.33. The van der Waals surface area contributed by atoms with Crippen molar-refractivity contribution >= 4 is 21.9 Å². The molecule has 1 aromatic heterocycles. The van der Waals surface area contributed by atoms with Crippen molar-refractivity contribution in [3.05, 3.63) is 101 Å². The summed E-state index contributed by atoms with van der Waals surface area (Å²) in [5, 5.41) is 8.24. The number of aromatic nitrogens is 2. The molecule has 1 saturated carbocycles. The highest BCUT2D eigenvalue weighted by atomic mass is 32.2. The van der Waals surface area contributed by atoms with Crippen LogP contribution < -0.4 is 19.5 Å². The van der Waals surface area contributed by atoms with Crippen molar-refractivity contribution < 1.29 is 22.6 Å². The third-order valence-electron chi connectivity index (χ3n) is 8.43. The van der Waals surface area contributed by atoms with E-state index in [1.807, 2.05) is 43.3 Å². The molecule has 1 heterocycles. The van der Waals surface area contributed by atoms with E-state index < -0.39 is 15.4 Å². The summed E-state index contributed by atoms with van der Waals surface area (Å²) in [6, 6.07) is 21.1. The average molecular weight is 586 g/mol. The molecule has 8 nitrogen and oxygen atoms in total. The second kappa shape index (κ2) is 10.9. The monoisotopic (exact) mass is 585 g/mol. The molecule has 1 unspecified atom stereocenters. The Morgan fingerprint density at radius 1 is 0.905 bits per heavy atom. The zero-order chi connectivity index (χ0) is 29.5. The standard InChI is InChI=1S/C33H35N3O5S/c1-22-13-15-26(16-14-22)42(37,38)36-28-21-33(23-9-6-5-7-10-23,18-17-27(28)32(35-36)34-25-11-8-12-25)24-19-29(39-2)31(41-4)30(20-24)40-3/h5-7,9-10,13-20,25H,8,11-12,21H2,1-4H3,(H,34,35). The number of rotatable bonds is 9. The van der Waals surface area contributed by atoms with Gasteiger partial charge in [0, 0.05) is 23.4 Å². The summed E-state index contributed by atoms with van der Waals surface area (Å²) < 4.78 is 46.6. The van der Waals surface area contributed by atoms with Crippen LogP contribution in [0.4, 0.5) is 5.82 Å². The maximum Gasteiger partial charge on any atom is 0.283 e. The van der Waals surface area contributed by atoms with Crippen molar-refractivity contribution in [2.75, 3.05) is 26.6 Å². The fraction of sp³-hybridized carbons (Fsp3) is 0.303. The van der Waals surface area contributed by atoms with Gasteiger partial charge >= 0.3 is 0 Å². The van der Waals surface area contributed by atoms with Crippen LogP contribution in [0, 0.1) is 6.92 Å². The molecule has 0 radical (unpaired) electrons. The Morgan fingerprint density at radius 2 is 1.57 bits per heavy atom. The van der Waals surface area contributed by atoms with Gasteiger partial charge in [0.25, 0.3) is 10.0 Å². The van der Waals surface area contributed by atoms with Gasteiger partial charge in [-0.2, -0.15) is 12.5 Å². The molecule has 0 bridgehead atoms. The van der Waals surface area contributed by atoms with Crippen LogP contribution in [0.1, 0.15) is 47.2 Å². The van der Waals surface area contributed by atoms with E-state index in [9.17, 15) is 8.42 Å². The lowest BCUT2D eigenvalue weighted by atomic mass is 9.68. The van der Waals surface area contributed by atoms with E-state index in [1.165, 1.54) is 4.09 Å². The van der Waals surface area contributed by atoms with Gasteiger partial charge < -0.3 is 19.5 Å². The van der Waals surface area contributed by atoms with E-state index in [4.69, 9.17) is 19.3 Å². The summed E-state index contributed by atoms with van der Waals surface area (Å²) in [6.45, 7) is 1.93. The number of ether oxygens (including phenoxy) is 3. The van der Waals surface area contributed by atoms with Crippen molar-refractivity contribution in [1.82, 2.24) is 9.19 Å². The average Bonchev–Trinajstić information content (AvgIpc) is 3.36. The van der Waals surface area contributed by atoms with Crippen molar-refractivity contribution in [1.29, 1.82) is 0 Å². The maximum absolute atomic E-state index is 14.2. The first-order valence-corrected chi connectivity index (χ1v) is 15.5. The summed E-state index contributed by atoms with van der Waals surface area (Å²) >= 11 is 0. The van der Waals surface area contributed by atoms with Gasteiger partial charge in [-0.15, -0.1) is 5.10 Å². The Labute approximate surface area is 247 Å². The number of hydrogen-bond donors (Lipinski definition) is 1. The number of allylic oxidation sites excluding steroid dienone is 1. The number of aryl methyl sites for hydroxylation is 1. The van der Waals surface area contributed by atoms with Gasteiger partial charge in [-0.05, 0) is 61.6 Å². The number of methoxy groups -OCH3 is 3. The SMILES string of the molecule is COc1cc(C2(c3ccccc3)C=Cc3c(NC4CCC4)nn(S(=O)(=O)c4ccc(C)cc4)c3C2)cc(OC)c1OC. The van der Waals surface area contributed by atoms with E-state index in [2.05, 4.69) is 23.5 Å². The Morgan fingerprint density at radius 3 is 2.14 bits per heavy atom. The van der Waals surface area contributed by atoms with Gasteiger partial charge in [0.15, 0.2) is 17.3 Å². The lowest BCUT2D eigenvalue weighted by molar-refractivity contribution is 0.323. The van der Waals surface area contributed by atoms with Crippen LogP contribution >= 0.6 is 0 Å². The summed E-state index contributed by atoms with van der Waals surface area (Å²) in [6.07, 6.45) is 7.71. The minimum absolute atomic E-state index is 0.196. The Kier molecular flexibility index (Phi) is 7.22. The highest BCUT2D eigenvalue weighted by Gasteiger charge is 2.41. The van der Waals surface area contributed by atoms with Crippen molar-refractivity contribution in [3.63, 3.8) is 0 Å². The van der Waals surface area contributed by atoms with Crippen LogP contribution in [0.15, 0.2) is 77.7 Å². The molecule has 2 aliphatic carbocycles. The molecule has 6 rings (SSSR count). The quantitative estimate of drug-likeness (QED) is 0.259. The molecule has 9 heteroatoms. The molecular formula is C33H35N3O5S. The van der Waals surface area contributed by atoms with Gasteiger partial charge in [0.1, 0.15) is 0 Å². The number of fused-ring (bicyclic) bond motifs is 1. The minimum Gasteiger partial charge on any atom is -0.493 e. The Hall–Kier alpha value is -4.24. The zero-order valence-corrected chi connectivity index (χ0v) is 25.1. The Bertz CT molecular complexity index is 1720. The van der Waals surface area contributed by atoms with Crippen molar-refractivity contribution in [3.8, 4) is 17.2 Å². The first-order chi connectivity index (χ1) is 20.3. The fourth-order valence-electron chi connectivity index (χ4n) is 5.83. The van der Waals surface area contributed by atoms with Gasteiger partial charge in [0.05, 0.1) is 31.9 Å². The fourth-order valence-corrected chi connectivity index (χ4v) is 7.15. The van der Waals surface area contributed by atoms with Crippen molar-refractivity contribution in [2.24, 2.45) is 0 Å². The van der Waals surface area contributed by atoms with Crippen LogP contribution in [0.25, 0.3) is 6.08 Å². The first-order valence-electron chi connectivity index (χ1n) is 14.1. The predicted octanol–water partition coefficient (Wildman–Crippen LogP) is 5.97. The van der Waals surface area contributed by atoms with Crippen LogP contribution in [-0.2, 0) is 21.9 Å². The van der Waals surface area contributed by atoms with Gasteiger partial charge in [-0.1, -0.05) is 60.2 Å². The van der Waals surface area contributed by atoms with Gasteiger partial charge in [0.2, 0.25) is 5.75 Å². The number of nitrogens with one attached hydrogen (secondary N) is 1. The number of hydrogen-bond acceptors (Lipinski definition) is 7. The minimum atomic E-state index is -3.99. The summed E-state index contributed by atoms with van der Waals surface area (Å²) in [4.78, 5) is 0.196. The molecule has 0 saturated heterocycles. The van der Waals surface area contributed by atoms with Crippen molar-refractivity contribution in [2.45, 2.75) is 49.0 Å². The van der Waals surface area contributed by atoms with E-state index in [0.717, 1.165) is 41.5 Å². The summed E-state index contributed by atoms with van der Waals surface area (Å²) in [5.41, 5.74) is 3.50.